The lowest BCUT2D eigenvalue weighted by Gasteiger charge is -2.48. The second-order valence-electron chi connectivity index (χ2n) is 9.49. The van der Waals surface area contributed by atoms with E-state index in [0.717, 1.165) is 0 Å². The van der Waals surface area contributed by atoms with Crippen LogP contribution in [-0.2, 0) is 19.1 Å². The Balaban J connectivity index is 2.00. The molecule has 0 spiro atoms. The summed E-state index contributed by atoms with van der Waals surface area (Å²) in [5, 5.41) is 26.0. The van der Waals surface area contributed by atoms with Gasteiger partial charge in [0.2, 0.25) is 6.29 Å². The number of benzene rings is 1. The fourth-order valence-corrected chi connectivity index (χ4v) is 4.42. The number of hydrogen-bond donors (Lipinski definition) is 3. The van der Waals surface area contributed by atoms with Gasteiger partial charge in [0.25, 0.3) is 0 Å². The molecule has 1 aliphatic rings. The molecule has 3 N–H and O–H groups in total. The summed E-state index contributed by atoms with van der Waals surface area (Å²) in [6.45, 7) is 10.0. The van der Waals surface area contributed by atoms with E-state index in [9.17, 15) is 19.8 Å². The number of rotatable bonds is 10. The Morgan fingerprint density at radius 3 is 2.68 bits per heavy atom. The van der Waals surface area contributed by atoms with Gasteiger partial charge < -0.3 is 33.7 Å². The molecule has 1 aromatic heterocycles. The van der Waals surface area contributed by atoms with Gasteiger partial charge in [-0.1, -0.05) is 30.0 Å². The van der Waals surface area contributed by atoms with E-state index in [-0.39, 0.29) is 47.0 Å². The molecule has 5 atom stereocenters. The first-order chi connectivity index (χ1) is 19.5. The molecule has 0 aliphatic carbocycles. The second kappa shape index (κ2) is 13.2. The lowest BCUT2D eigenvalue weighted by atomic mass is 9.79. The van der Waals surface area contributed by atoms with Crippen molar-refractivity contribution in [2.75, 3.05) is 13.2 Å². The SMILES string of the molecule is C#CCO/N=C(/C)c1c(O)c2ccc(OC3O[C@@](C)(CC=C)[C@H](C)[C@@H](O)[C@H]3OC(=O)NOCC#C)c(C)c2oc1=O. The van der Waals surface area contributed by atoms with Crippen molar-refractivity contribution in [3.8, 4) is 36.2 Å². The molecule has 1 saturated heterocycles. The average Bonchev–Trinajstić information content (AvgIpc) is 2.92. The maximum Gasteiger partial charge on any atom is 0.431 e. The van der Waals surface area contributed by atoms with Gasteiger partial charge in [-0.2, -0.15) is 5.48 Å². The van der Waals surface area contributed by atoms with Crippen LogP contribution in [0.5, 0.6) is 11.5 Å². The van der Waals surface area contributed by atoms with Gasteiger partial charge in [0, 0.05) is 11.5 Å². The molecule has 2 aromatic rings. The quantitative estimate of drug-likeness (QED) is 0.0972. The van der Waals surface area contributed by atoms with Crippen LogP contribution in [0.3, 0.4) is 0 Å². The summed E-state index contributed by atoms with van der Waals surface area (Å²) in [5.41, 5.74) is 0.440. The molecule has 0 bridgehead atoms. The molecule has 41 heavy (non-hydrogen) atoms. The normalized spacial score (nSPS) is 24.1. The lowest BCUT2D eigenvalue weighted by molar-refractivity contribution is -0.289. The van der Waals surface area contributed by atoms with Gasteiger partial charge in [-0.15, -0.1) is 19.4 Å². The summed E-state index contributed by atoms with van der Waals surface area (Å²) in [4.78, 5) is 34.8. The first-order valence-corrected chi connectivity index (χ1v) is 12.5. The Hall–Kier alpha value is -4.49. The predicted molar refractivity (Wildman–Crippen MR) is 148 cm³/mol. The Kier molecular flexibility index (Phi) is 10.0. The van der Waals surface area contributed by atoms with E-state index in [1.807, 2.05) is 5.48 Å². The molecule has 0 saturated carbocycles. The van der Waals surface area contributed by atoms with Crippen LogP contribution < -0.4 is 15.8 Å². The van der Waals surface area contributed by atoms with E-state index in [0.29, 0.717) is 12.0 Å². The Morgan fingerprint density at radius 1 is 1.32 bits per heavy atom. The maximum atomic E-state index is 12.8. The molecule has 3 rings (SSSR count). The van der Waals surface area contributed by atoms with Crippen LogP contribution in [0.4, 0.5) is 4.79 Å². The van der Waals surface area contributed by atoms with Crippen molar-refractivity contribution in [3.63, 3.8) is 0 Å². The first-order valence-electron chi connectivity index (χ1n) is 12.5. The molecule has 1 amide bonds. The van der Waals surface area contributed by atoms with Gasteiger partial charge in [-0.3, -0.25) is 4.84 Å². The third-order valence-electron chi connectivity index (χ3n) is 6.77. The van der Waals surface area contributed by atoms with Gasteiger partial charge >= 0.3 is 11.7 Å². The number of hydrogen-bond acceptors (Lipinski definition) is 11. The Morgan fingerprint density at radius 2 is 2.02 bits per heavy atom. The second-order valence-corrected chi connectivity index (χ2v) is 9.49. The minimum Gasteiger partial charge on any atom is -0.506 e. The monoisotopic (exact) mass is 568 g/mol. The fourth-order valence-electron chi connectivity index (χ4n) is 4.42. The zero-order valence-corrected chi connectivity index (χ0v) is 23.1. The number of aryl methyl sites for hydroxylation is 1. The summed E-state index contributed by atoms with van der Waals surface area (Å²) >= 11 is 0. The number of ether oxygens (including phenoxy) is 3. The predicted octanol–water partition coefficient (Wildman–Crippen LogP) is 2.91. The van der Waals surface area contributed by atoms with E-state index in [1.54, 1.807) is 26.8 Å². The Labute approximate surface area is 236 Å². The molecule has 2 heterocycles. The van der Waals surface area contributed by atoms with Crippen LogP contribution in [0.1, 0.15) is 38.3 Å². The lowest BCUT2D eigenvalue weighted by Crippen LogP contribution is -2.62. The highest BCUT2D eigenvalue weighted by Gasteiger charge is 2.52. The molecule has 12 nitrogen and oxygen atoms in total. The molecule has 1 unspecified atom stereocenters. The molecule has 0 radical (unpaired) electrons. The smallest absolute Gasteiger partial charge is 0.431 e. The van der Waals surface area contributed by atoms with Gasteiger partial charge in [-0.25, -0.2) is 9.59 Å². The molecular formula is C29H32N2O10. The fraction of sp³-hybridized carbons (Fsp3) is 0.414. The average molecular weight is 569 g/mol. The van der Waals surface area contributed by atoms with Crippen molar-refractivity contribution in [2.45, 2.75) is 58.2 Å². The van der Waals surface area contributed by atoms with E-state index in [4.69, 9.17) is 41.1 Å². The third-order valence-corrected chi connectivity index (χ3v) is 6.77. The molecular weight excluding hydrogens is 536 g/mol. The van der Waals surface area contributed by atoms with Crippen molar-refractivity contribution in [3.05, 3.63) is 46.3 Å². The largest absolute Gasteiger partial charge is 0.506 e. The third kappa shape index (κ3) is 6.64. The number of aromatic hydroxyl groups is 1. The summed E-state index contributed by atoms with van der Waals surface area (Å²) < 4.78 is 23.3. The number of oxime groups is 1. The highest BCUT2D eigenvalue weighted by Crippen LogP contribution is 2.40. The van der Waals surface area contributed by atoms with Crippen LogP contribution in [0, 0.1) is 37.5 Å². The van der Waals surface area contributed by atoms with Gasteiger partial charge in [0.15, 0.2) is 12.7 Å². The highest BCUT2D eigenvalue weighted by atomic mass is 16.7. The zero-order chi connectivity index (χ0) is 30.3. The summed E-state index contributed by atoms with van der Waals surface area (Å²) in [6.07, 6.45) is 7.36. The van der Waals surface area contributed by atoms with Crippen molar-refractivity contribution in [1.82, 2.24) is 5.48 Å². The minimum absolute atomic E-state index is 0.0302. The topological polar surface area (TPSA) is 158 Å². The summed E-state index contributed by atoms with van der Waals surface area (Å²) in [7, 11) is 0. The number of terminal acetylenes is 2. The zero-order valence-electron chi connectivity index (χ0n) is 23.1. The Bertz CT molecular complexity index is 1470. The van der Waals surface area contributed by atoms with E-state index in [1.165, 1.54) is 19.1 Å². The number of aliphatic hydroxyl groups is 1. The molecule has 1 aliphatic heterocycles. The van der Waals surface area contributed by atoms with Gasteiger partial charge in [-0.05, 0) is 39.3 Å². The molecule has 1 aromatic carbocycles. The van der Waals surface area contributed by atoms with E-state index < -0.39 is 41.7 Å². The van der Waals surface area contributed by atoms with Gasteiger partial charge in [0.1, 0.15) is 35.4 Å². The first kappa shape index (κ1) is 31.0. The number of nitrogens with one attached hydrogen (secondary N) is 1. The highest BCUT2D eigenvalue weighted by molar-refractivity contribution is 6.04. The number of amides is 1. The van der Waals surface area contributed by atoms with Crippen molar-refractivity contribution < 1.29 is 43.3 Å². The molecule has 1 fully saturated rings. The van der Waals surface area contributed by atoms with Crippen molar-refractivity contribution in [2.24, 2.45) is 11.1 Å². The van der Waals surface area contributed by atoms with Crippen LogP contribution in [0.15, 0.2) is 39.2 Å². The van der Waals surface area contributed by atoms with Crippen molar-refractivity contribution >= 4 is 22.8 Å². The number of hydroxylamine groups is 1. The number of carbonyl (C=O) groups is 1. The molecule has 218 valence electrons. The van der Waals surface area contributed by atoms with E-state index in [2.05, 4.69) is 23.6 Å². The maximum absolute atomic E-state index is 12.8. The number of aliphatic hydroxyl groups excluding tert-OH is 1. The molecule has 12 heteroatoms. The van der Waals surface area contributed by atoms with Crippen LogP contribution in [-0.4, -0.2) is 59.3 Å². The number of nitrogens with zero attached hydrogens (tertiary/aromatic N) is 1. The van der Waals surface area contributed by atoms with Crippen LogP contribution in [0.2, 0.25) is 0 Å². The minimum atomic E-state index is -1.32. The standard InChI is InChI=1S/C29H32N2O10/c1-8-13-29(7)17(5)22(32)25(40-28(35)31-37-15-10-3)27(41-29)38-20-12-11-19-23(33)21(18(6)30-36-14-9-2)26(34)39-24(19)16(20)4/h2-3,8,11-12,17,22,25,27,32-33H,1,13-15H2,4-7H3,(H,31,35)/b30-18-/t17-,22-,25-,27?,29+/m1/s1. The van der Waals surface area contributed by atoms with Gasteiger partial charge in [0.05, 0.1) is 16.7 Å². The summed E-state index contributed by atoms with van der Waals surface area (Å²) in [6, 6.07) is 2.98. The van der Waals surface area contributed by atoms with Crippen LogP contribution in [0.25, 0.3) is 11.0 Å². The van der Waals surface area contributed by atoms with Crippen LogP contribution >= 0.6 is 0 Å². The number of fused-ring (bicyclic) bond motifs is 1. The van der Waals surface area contributed by atoms with Crippen molar-refractivity contribution in [1.29, 1.82) is 0 Å². The summed E-state index contributed by atoms with van der Waals surface area (Å²) in [5.74, 6) is 3.71. The number of carbonyl (C=O) groups excluding carboxylic acids is 1. The van der Waals surface area contributed by atoms with E-state index >= 15 is 0 Å².